The highest BCUT2D eigenvalue weighted by molar-refractivity contribution is 6.30. The molecule has 2 nitrogen and oxygen atoms in total. The minimum atomic E-state index is -1.06. The van der Waals surface area contributed by atoms with Gasteiger partial charge in [-0.05, 0) is 42.4 Å². The number of aliphatic hydroxyl groups is 2. The monoisotopic (exact) mass is 266 g/mol. The van der Waals surface area contributed by atoms with Gasteiger partial charge in [0.15, 0.2) is 0 Å². The van der Waals surface area contributed by atoms with Gasteiger partial charge in [0.1, 0.15) is 5.60 Å². The second kappa shape index (κ2) is 4.60. The molecule has 1 fully saturated rings. The lowest BCUT2D eigenvalue weighted by Gasteiger charge is -2.42. The Labute approximate surface area is 113 Å². The topological polar surface area (TPSA) is 40.5 Å². The van der Waals surface area contributed by atoms with E-state index in [1.165, 1.54) is 0 Å². The molecule has 0 radical (unpaired) electrons. The van der Waals surface area contributed by atoms with Crippen LogP contribution < -0.4 is 0 Å². The Kier molecular flexibility index (Phi) is 3.43. The first kappa shape index (κ1) is 13.4. The standard InChI is InChI=1S/C15H19ClO2/c1-14(2)7-8-15(18,12(9-14)10-17)11-3-5-13(16)6-4-11/h3-6,10,17-18H,7-9H2,1-2H3. The molecule has 0 spiro atoms. The lowest BCUT2D eigenvalue weighted by molar-refractivity contribution is 0.0181. The molecule has 1 unspecified atom stereocenters. The van der Waals surface area contributed by atoms with Crippen molar-refractivity contribution in [1.82, 2.24) is 0 Å². The Morgan fingerprint density at radius 2 is 1.78 bits per heavy atom. The van der Waals surface area contributed by atoms with Gasteiger partial charge in [0, 0.05) is 10.6 Å². The zero-order valence-corrected chi connectivity index (χ0v) is 11.5. The summed E-state index contributed by atoms with van der Waals surface area (Å²) in [6.07, 6.45) is 3.30. The van der Waals surface area contributed by atoms with E-state index in [1.807, 2.05) is 12.1 Å². The zero-order chi connectivity index (χ0) is 13.4. The maximum absolute atomic E-state index is 10.9. The molecule has 0 amide bonds. The van der Waals surface area contributed by atoms with Gasteiger partial charge in [-0.3, -0.25) is 0 Å². The van der Waals surface area contributed by atoms with Crippen LogP contribution in [0.1, 0.15) is 38.7 Å². The van der Waals surface area contributed by atoms with Crippen molar-refractivity contribution in [2.45, 2.75) is 38.7 Å². The molecule has 1 atom stereocenters. The summed E-state index contributed by atoms with van der Waals surface area (Å²) in [5, 5.41) is 20.9. The van der Waals surface area contributed by atoms with Gasteiger partial charge in [0.05, 0.1) is 6.26 Å². The minimum absolute atomic E-state index is 0.118. The average Bonchev–Trinajstić information content (AvgIpc) is 2.33. The van der Waals surface area contributed by atoms with Crippen LogP contribution in [-0.4, -0.2) is 10.2 Å². The van der Waals surface area contributed by atoms with Crippen LogP contribution >= 0.6 is 11.6 Å². The number of hydrogen-bond donors (Lipinski definition) is 2. The quantitative estimate of drug-likeness (QED) is 0.749. The van der Waals surface area contributed by atoms with Crippen LogP contribution in [0.25, 0.3) is 0 Å². The summed E-state index contributed by atoms with van der Waals surface area (Å²) < 4.78 is 0. The van der Waals surface area contributed by atoms with Gasteiger partial charge in [-0.15, -0.1) is 0 Å². The molecule has 0 aliphatic heterocycles. The van der Waals surface area contributed by atoms with Crippen molar-refractivity contribution in [2.75, 3.05) is 0 Å². The van der Waals surface area contributed by atoms with Gasteiger partial charge in [0.25, 0.3) is 0 Å². The van der Waals surface area contributed by atoms with Crippen LogP contribution in [0.3, 0.4) is 0 Å². The first-order chi connectivity index (χ1) is 8.37. The first-order valence-corrected chi connectivity index (χ1v) is 6.57. The van der Waals surface area contributed by atoms with Crippen LogP contribution in [0.4, 0.5) is 0 Å². The van der Waals surface area contributed by atoms with Crippen LogP contribution in [0, 0.1) is 5.41 Å². The second-order valence-electron chi connectivity index (χ2n) is 5.86. The second-order valence-corrected chi connectivity index (χ2v) is 6.30. The van der Waals surface area contributed by atoms with Gasteiger partial charge in [-0.25, -0.2) is 0 Å². The molecule has 0 saturated heterocycles. The van der Waals surface area contributed by atoms with Crippen molar-refractivity contribution in [3.05, 3.63) is 46.7 Å². The molecule has 3 heteroatoms. The number of rotatable bonds is 1. The fraction of sp³-hybridized carbons (Fsp3) is 0.467. The van der Waals surface area contributed by atoms with Crippen molar-refractivity contribution in [3.8, 4) is 0 Å². The minimum Gasteiger partial charge on any atom is -0.516 e. The van der Waals surface area contributed by atoms with Crippen LogP contribution in [0.15, 0.2) is 36.1 Å². The predicted octanol–water partition coefficient (Wildman–Crippen LogP) is 4.18. The zero-order valence-electron chi connectivity index (χ0n) is 10.8. The van der Waals surface area contributed by atoms with Gasteiger partial charge in [-0.1, -0.05) is 37.6 Å². The molecule has 98 valence electrons. The molecule has 1 aliphatic carbocycles. The Balaban J connectivity index is 2.38. The molecule has 1 aromatic carbocycles. The summed E-state index contributed by atoms with van der Waals surface area (Å²) in [7, 11) is 0. The van der Waals surface area contributed by atoms with Gasteiger partial charge in [-0.2, -0.15) is 0 Å². The summed E-state index contributed by atoms with van der Waals surface area (Å²) in [6.45, 7) is 4.30. The molecular weight excluding hydrogens is 248 g/mol. The van der Waals surface area contributed by atoms with E-state index in [0.717, 1.165) is 18.2 Å². The summed E-state index contributed by atoms with van der Waals surface area (Å²) in [4.78, 5) is 0. The molecule has 0 aromatic heterocycles. The SMILES string of the molecule is CC1(C)CCC(O)(c2ccc(Cl)cc2)C(=CO)C1. The van der Waals surface area contributed by atoms with E-state index in [4.69, 9.17) is 11.6 Å². The first-order valence-electron chi connectivity index (χ1n) is 6.20. The third kappa shape index (κ3) is 2.40. The number of halogens is 1. The Morgan fingerprint density at radius 1 is 1.17 bits per heavy atom. The van der Waals surface area contributed by atoms with E-state index >= 15 is 0 Å². The maximum atomic E-state index is 10.9. The van der Waals surface area contributed by atoms with E-state index in [2.05, 4.69) is 13.8 Å². The fourth-order valence-corrected chi connectivity index (χ4v) is 2.76. The predicted molar refractivity (Wildman–Crippen MR) is 73.7 cm³/mol. The number of aliphatic hydroxyl groups excluding tert-OH is 1. The summed E-state index contributed by atoms with van der Waals surface area (Å²) >= 11 is 5.87. The Morgan fingerprint density at radius 3 is 2.33 bits per heavy atom. The molecule has 2 rings (SSSR count). The largest absolute Gasteiger partial charge is 0.516 e. The Hall–Kier alpha value is -0.990. The van der Waals surface area contributed by atoms with E-state index in [1.54, 1.807) is 12.1 Å². The number of hydrogen-bond acceptors (Lipinski definition) is 2. The molecule has 2 N–H and O–H groups in total. The summed E-state index contributed by atoms with van der Waals surface area (Å²) in [6, 6.07) is 7.18. The van der Waals surface area contributed by atoms with Gasteiger partial charge in [0.2, 0.25) is 0 Å². The molecule has 0 bridgehead atoms. The smallest absolute Gasteiger partial charge is 0.114 e. The van der Waals surface area contributed by atoms with Gasteiger partial charge < -0.3 is 10.2 Å². The molecule has 0 heterocycles. The third-order valence-electron chi connectivity index (χ3n) is 3.84. The van der Waals surface area contributed by atoms with E-state index in [-0.39, 0.29) is 5.41 Å². The average molecular weight is 267 g/mol. The molecule has 18 heavy (non-hydrogen) atoms. The van der Waals surface area contributed by atoms with Crippen molar-refractivity contribution in [1.29, 1.82) is 0 Å². The van der Waals surface area contributed by atoms with Crippen LogP contribution in [0.5, 0.6) is 0 Å². The van der Waals surface area contributed by atoms with Crippen molar-refractivity contribution in [3.63, 3.8) is 0 Å². The maximum Gasteiger partial charge on any atom is 0.114 e. The van der Waals surface area contributed by atoms with E-state index in [0.29, 0.717) is 23.4 Å². The Bertz CT molecular complexity index is 462. The van der Waals surface area contributed by atoms with Crippen LogP contribution in [0.2, 0.25) is 5.02 Å². The fourth-order valence-electron chi connectivity index (χ4n) is 2.64. The lowest BCUT2D eigenvalue weighted by atomic mass is 9.66. The lowest BCUT2D eigenvalue weighted by Crippen LogP contribution is -2.37. The highest BCUT2D eigenvalue weighted by atomic mass is 35.5. The molecular formula is C15H19ClO2. The van der Waals surface area contributed by atoms with Gasteiger partial charge >= 0.3 is 0 Å². The van der Waals surface area contributed by atoms with Crippen molar-refractivity contribution in [2.24, 2.45) is 5.41 Å². The molecule has 1 aromatic rings. The van der Waals surface area contributed by atoms with Crippen LogP contribution in [-0.2, 0) is 5.60 Å². The highest BCUT2D eigenvalue weighted by Crippen LogP contribution is 2.48. The molecule has 1 saturated carbocycles. The normalized spacial score (nSPS) is 29.4. The van der Waals surface area contributed by atoms with E-state index in [9.17, 15) is 10.2 Å². The third-order valence-corrected chi connectivity index (χ3v) is 4.09. The van der Waals surface area contributed by atoms with Crippen molar-refractivity contribution >= 4 is 11.6 Å². The number of benzene rings is 1. The highest BCUT2D eigenvalue weighted by Gasteiger charge is 2.42. The van der Waals surface area contributed by atoms with Crippen molar-refractivity contribution < 1.29 is 10.2 Å². The summed E-state index contributed by atoms with van der Waals surface area (Å²) in [5.74, 6) is 0. The van der Waals surface area contributed by atoms with E-state index < -0.39 is 5.60 Å². The summed E-state index contributed by atoms with van der Waals surface area (Å²) in [5.41, 5.74) is 0.533. The molecule has 1 aliphatic rings.